The third-order valence-electron chi connectivity index (χ3n) is 4.34. The summed E-state index contributed by atoms with van der Waals surface area (Å²) in [7, 11) is 0. The summed E-state index contributed by atoms with van der Waals surface area (Å²) >= 11 is 0. The summed E-state index contributed by atoms with van der Waals surface area (Å²) in [6, 6.07) is 4.74. The molecule has 1 heterocycles. The molecule has 0 radical (unpaired) electrons. The summed E-state index contributed by atoms with van der Waals surface area (Å²) < 4.78 is 5.34. The Bertz CT molecular complexity index is 328. The maximum absolute atomic E-state index is 5.34. The lowest BCUT2D eigenvalue weighted by Crippen LogP contribution is -2.37. The summed E-state index contributed by atoms with van der Waals surface area (Å²) in [6.07, 6.45) is 8.18. The van der Waals surface area contributed by atoms with E-state index < -0.39 is 0 Å². The van der Waals surface area contributed by atoms with E-state index in [1.54, 1.807) is 6.26 Å². The SMILES string of the molecule is CC(C)(C)C1CCC(NCCc2ccco2)CC1. The van der Waals surface area contributed by atoms with Gasteiger partial charge in [0.25, 0.3) is 0 Å². The first-order valence-corrected chi connectivity index (χ1v) is 7.31. The van der Waals surface area contributed by atoms with Crippen molar-refractivity contribution in [2.75, 3.05) is 6.54 Å². The van der Waals surface area contributed by atoms with E-state index in [0.29, 0.717) is 5.41 Å². The van der Waals surface area contributed by atoms with Gasteiger partial charge >= 0.3 is 0 Å². The van der Waals surface area contributed by atoms with Gasteiger partial charge < -0.3 is 9.73 Å². The Morgan fingerprint density at radius 2 is 1.94 bits per heavy atom. The molecule has 1 fully saturated rings. The quantitative estimate of drug-likeness (QED) is 0.872. The average molecular weight is 249 g/mol. The highest BCUT2D eigenvalue weighted by molar-refractivity contribution is 4.98. The van der Waals surface area contributed by atoms with Crippen LogP contribution in [-0.4, -0.2) is 12.6 Å². The van der Waals surface area contributed by atoms with E-state index in [9.17, 15) is 0 Å². The van der Waals surface area contributed by atoms with Crippen LogP contribution in [0.2, 0.25) is 0 Å². The zero-order valence-electron chi connectivity index (χ0n) is 12.0. The molecule has 2 rings (SSSR count). The second-order valence-corrected chi connectivity index (χ2v) is 6.70. The van der Waals surface area contributed by atoms with Gasteiger partial charge in [-0.3, -0.25) is 0 Å². The van der Waals surface area contributed by atoms with Gasteiger partial charge in [-0.05, 0) is 49.1 Å². The van der Waals surface area contributed by atoms with Gasteiger partial charge in [0.05, 0.1) is 6.26 Å². The van der Waals surface area contributed by atoms with E-state index in [2.05, 4.69) is 32.2 Å². The van der Waals surface area contributed by atoms with Crippen LogP contribution in [0, 0.1) is 11.3 Å². The molecule has 1 saturated carbocycles. The first kappa shape index (κ1) is 13.7. The molecule has 0 spiro atoms. The maximum atomic E-state index is 5.34. The zero-order valence-corrected chi connectivity index (χ0v) is 12.0. The van der Waals surface area contributed by atoms with Crippen LogP contribution in [0.25, 0.3) is 0 Å². The first-order chi connectivity index (χ1) is 8.55. The molecule has 1 aromatic rings. The lowest BCUT2D eigenvalue weighted by molar-refractivity contribution is 0.160. The fourth-order valence-corrected chi connectivity index (χ4v) is 3.02. The van der Waals surface area contributed by atoms with Crippen LogP contribution in [0.3, 0.4) is 0 Å². The van der Waals surface area contributed by atoms with E-state index in [1.165, 1.54) is 25.7 Å². The molecule has 102 valence electrons. The molecule has 18 heavy (non-hydrogen) atoms. The number of nitrogens with one attached hydrogen (secondary N) is 1. The Balaban J connectivity index is 1.65. The molecule has 0 aliphatic heterocycles. The van der Waals surface area contributed by atoms with Crippen LogP contribution in [0.15, 0.2) is 22.8 Å². The fourth-order valence-electron chi connectivity index (χ4n) is 3.02. The van der Waals surface area contributed by atoms with E-state index >= 15 is 0 Å². The molecule has 0 amide bonds. The summed E-state index contributed by atoms with van der Waals surface area (Å²) in [5, 5.41) is 3.67. The summed E-state index contributed by atoms with van der Waals surface area (Å²) in [5.41, 5.74) is 0.485. The Labute approximate surface area is 111 Å². The second kappa shape index (κ2) is 5.92. The Hall–Kier alpha value is -0.760. The molecular weight excluding hydrogens is 222 g/mol. The topological polar surface area (TPSA) is 25.2 Å². The van der Waals surface area contributed by atoms with Crippen molar-refractivity contribution in [3.05, 3.63) is 24.2 Å². The third-order valence-corrected chi connectivity index (χ3v) is 4.34. The largest absolute Gasteiger partial charge is 0.469 e. The molecule has 0 aromatic carbocycles. The van der Waals surface area contributed by atoms with Crippen molar-refractivity contribution in [1.29, 1.82) is 0 Å². The summed E-state index contributed by atoms with van der Waals surface area (Å²) in [6.45, 7) is 8.17. The van der Waals surface area contributed by atoms with Crippen LogP contribution in [-0.2, 0) is 6.42 Å². The van der Waals surface area contributed by atoms with Crippen molar-refractivity contribution in [1.82, 2.24) is 5.32 Å². The molecule has 2 heteroatoms. The van der Waals surface area contributed by atoms with Crippen molar-refractivity contribution in [3.8, 4) is 0 Å². The summed E-state index contributed by atoms with van der Waals surface area (Å²) in [4.78, 5) is 0. The monoisotopic (exact) mass is 249 g/mol. The molecule has 0 bridgehead atoms. The lowest BCUT2D eigenvalue weighted by Gasteiger charge is -2.37. The highest BCUT2D eigenvalue weighted by Gasteiger charge is 2.29. The third kappa shape index (κ3) is 3.88. The van der Waals surface area contributed by atoms with Gasteiger partial charge in [0.2, 0.25) is 0 Å². The minimum absolute atomic E-state index is 0.485. The minimum atomic E-state index is 0.485. The van der Waals surface area contributed by atoms with Gasteiger partial charge in [-0.2, -0.15) is 0 Å². The molecule has 0 saturated heterocycles. The molecule has 1 aromatic heterocycles. The van der Waals surface area contributed by atoms with E-state index in [-0.39, 0.29) is 0 Å². The fraction of sp³-hybridized carbons (Fsp3) is 0.750. The van der Waals surface area contributed by atoms with Crippen LogP contribution in [0.1, 0.15) is 52.2 Å². The van der Waals surface area contributed by atoms with Crippen LogP contribution in [0.4, 0.5) is 0 Å². The number of hydrogen-bond acceptors (Lipinski definition) is 2. The van der Waals surface area contributed by atoms with Crippen molar-refractivity contribution in [2.45, 2.75) is 58.9 Å². The van der Waals surface area contributed by atoms with Gasteiger partial charge in [-0.15, -0.1) is 0 Å². The number of furan rings is 1. The number of hydrogen-bond donors (Lipinski definition) is 1. The predicted molar refractivity (Wildman–Crippen MR) is 75.6 cm³/mol. The van der Waals surface area contributed by atoms with Crippen LogP contribution < -0.4 is 5.32 Å². The Morgan fingerprint density at radius 1 is 1.22 bits per heavy atom. The molecule has 0 unspecified atom stereocenters. The van der Waals surface area contributed by atoms with Crippen LogP contribution >= 0.6 is 0 Å². The summed E-state index contributed by atoms with van der Waals surface area (Å²) in [5.74, 6) is 1.99. The van der Waals surface area contributed by atoms with Crippen molar-refractivity contribution in [3.63, 3.8) is 0 Å². The van der Waals surface area contributed by atoms with E-state index in [0.717, 1.165) is 30.7 Å². The van der Waals surface area contributed by atoms with Crippen molar-refractivity contribution >= 4 is 0 Å². The Morgan fingerprint density at radius 3 is 2.50 bits per heavy atom. The average Bonchev–Trinajstić information content (AvgIpc) is 2.82. The van der Waals surface area contributed by atoms with Gasteiger partial charge in [0.1, 0.15) is 5.76 Å². The second-order valence-electron chi connectivity index (χ2n) is 6.70. The molecule has 1 aliphatic carbocycles. The zero-order chi connectivity index (χ0) is 13.0. The molecular formula is C16H27NO. The van der Waals surface area contributed by atoms with Crippen LogP contribution in [0.5, 0.6) is 0 Å². The van der Waals surface area contributed by atoms with Crippen molar-refractivity contribution < 1.29 is 4.42 Å². The van der Waals surface area contributed by atoms with E-state index in [1.807, 2.05) is 6.07 Å². The normalized spacial score (nSPS) is 25.3. The smallest absolute Gasteiger partial charge is 0.105 e. The van der Waals surface area contributed by atoms with E-state index in [4.69, 9.17) is 4.42 Å². The maximum Gasteiger partial charge on any atom is 0.105 e. The first-order valence-electron chi connectivity index (χ1n) is 7.31. The highest BCUT2D eigenvalue weighted by Crippen LogP contribution is 2.37. The predicted octanol–water partition coefficient (Wildman–Crippen LogP) is 4.02. The minimum Gasteiger partial charge on any atom is -0.469 e. The molecule has 1 N–H and O–H groups in total. The highest BCUT2D eigenvalue weighted by atomic mass is 16.3. The van der Waals surface area contributed by atoms with Gasteiger partial charge in [0.15, 0.2) is 0 Å². The van der Waals surface area contributed by atoms with Crippen molar-refractivity contribution in [2.24, 2.45) is 11.3 Å². The lowest BCUT2D eigenvalue weighted by atomic mass is 9.71. The van der Waals surface area contributed by atoms with Gasteiger partial charge in [-0.1, -0.05) is 20.8 Å². The molecule has 0 atom stereocenters. The van der Waals surface area contributed by atoms with Gasteiger partial charge in [0, 0.05) is 19.0 Å². The Kier molecular flexibility index (Phi) is 4.50. The van der Waals surface area contributed by atoms with Gasteiger partial charge in [-0.25, -0.2) is 0 Å². The standard InChI is InChI=1S/C16H27NO/c1-16(2,3)13-6-8-14(9-7-13)17-11-10-15-5-4-12-18-15/h4-5,12-14,17H,6-11H2,1-3H3. The molecule has 2 nitrogen and oxygen atoms in total. The molecule has 1 aliphatic rings. The number of rotatable bonds is 4.